The third-order valence-electron chi connectivity index (χ3n) is 4.61. The number of hydrogen-bond acceptors (Lipinski definition) is 3. The van der Waals surface area contributed by atoms with Gasteiger partial charge in [0.25, 0.3) is 5.91 Å². The van der Waals surface area contributed by atoms with Crippen molar-refractivity contribution in [3.8, 4) is 5.69 Å². The fraction of sp³-hybridized carbons (Fsp3) is 0.474. The van der Waals surface area contributed by atoms with Crippen molar-refractivity contribution in [2.75, 3.05) is 13.1 Å². The number of carbonyl (C=O) groups is 1. The van der Waals surface area contributed by atoms with Gasteiger partial charge in [0, 0.05) is 23.8 Å². The molecule has 3 rings (SSSR count). The van der Waals surface area contributed by atoms with Gasteiger partial charge in [-0.25, -0.2) is 4.68 Å². The number of nitrogens with one attached hydrogen (secondary N) is 2. The van der Waals surface area contributed by atoms with Crippen LogP contribution in [0.5, 0.6) is 0 Å². The van der Waals surface area contributed by atoms with E-state index in [0.717, 1.165) is 37.1 Å². The molecule has 0 saturated carbocycles. The van der Waals surface area contributed by atoms with Crippen LogP contribution in [0.15, 0.2) is 24.3 Å². The van der Waals surface area contributed by atoms with Crippen molar-refractivity contribution in [1.29, 1.82) is 0 Å². The number of para-hydroxylation sites is 1. The normalized spacial score (nSPS) is 13.9. The van der Waals surface area contributed by atoms with Gasteiger partial charge >= 0.3 is 0 Å². The molecule has 25 heavy (non-hydrogen) atoms. The summed E-state index contributed by atoms with van der Waals surface area (Å²) in [5.74, 6) is -0.0646. The molecule has 0 bridgehead atoms. The van der Waals surface area contributed by atoms with Crippen LogP contribution in [-0.2, 0) is 12.8 Å². The third-order valence-corrected chi connectivity index (χ3v) is 4.61. The number of fused-ring (bicyclic) bond motifs is 1. The van der Waals surface area contributed by atoms with Gasteiger partial charge in [-0.2, -0.15) is 5.10 Å². The highest BCUT2D eigenvalue weighted by atomic mass is 35.5. The van der Waals surface area contributed by atoms with E-state index in [9.17, 15) is 4.79 Å². The van der Waals surface area contributed by atoms with E-state index in [1.54, 1.807) is 0 Å². The van der Waals surface area contributed by atoms with Crippen LogP contribution in [0, 0.1) is 6.92 Å². The molecule has 1 amide bonds. The summed E-state index contributed by atoms with van der Waals surface area (Å²) in [4.78, 5) is 12.6. The molecule has 1 aliphatic rings. The number of aryl methyl sites for hydroxylation is 1. The Bertz CT molecular complexity index is 741. The molecule has 0 spiro atoms. The highest BCUT2D eigenvalue weighted by Crippen LogP contribution is 2.28. The van der Waals surface area contributed by atoms with E-state index in [4.69, 9.17) is 0 Å². The lowest BCUT2D eigenvalue weighted by Gasteiger charge is -2.12. The van der Waals surface area contributed by atoms with Gasteiger partial charge in [0.15, 0.2) is 5.69 Å². The zero-order valence-electron chi connectivity index (χ0n) is 15.1. The number of benzene rings is 1. The summed E-state index contributed by atoms with van der Waals surface area (Å²) in [7, 11) is 0. The summed E-state index contributed by atoms with van der Waals surface area (Å²) in [6.45, 7) is 7.72. The van der Waals surface area contributed by atoms with Crippen LogP contribution in [0.3, 0.4) is 0 Å². The first kappa shape index (κ1) is 19.5. The Morgan fingerprint density at radius 1 is 1.32 bits per heavy atom. The predicted octanol–water partition coefficient (Wildman–Crippen LogP) is 2.82. The first-order valence-electron chi connectivity index (χ1n) is 8.80. The monoisotopic (exact) mass is 362 g/mol. The molecule has 0 aliphatic heterocycles. The van der Waals surface area contributed by atoms with Gasteiger partial charge in [-0.1, -0.05) is 25.1 Å². The van der Waals surface area contributed by atoms with E-state index >= 15 is 0 Å². The number of likely N-dealkylation sites (N-methyl/N-ethyl adjacent to an activating group) is 1. The van der Waals surface area contributed by atoms with Crippen molar-refractivity contribution in [3.63, 3.8) is 0 Å². The second kappa shape index (κ2) is 8.50. The van der Waals surface area contributed by atoms with Crippen molar-refractivity contribution < 1.29 is 4.79 Å². The Morgan fingerprint density at radius 3 is 2.80 bits per heavy atom. The first-order chi connectivity index (χ1) is 11.6. The summed E-state index contributed by atoms with van der Waals surface area (Å²) in [5, 5.41) is 11.0. The Morgan fingerprint density at radius 2 is 2.08 bits per heavy atom. The van der Waals surface area contributed by atoms with E-state index in [1.165, 1.54) is 11.3 Å². The van der Waals surface area contributed by atoms with Gasteiger partial charge in [0.1, 0.15) is 0 Å². The van der Waals surface area contributed by atoms with E-state index in [1.807, 2.05) is 16.8 Å². The van der Waals surface area contributed by atoms with Crippen LogP contribution in [0.25, 0.3) is 5.69 Å². The quantitative estimate of drug-likeness (QED) is 0.830. The smallest absolute Gasteiger partial charge is 0.272 e. The molecule has 2 N–H and O–H groups in total. The summed E-state index contributed by atoms with van der Waals surface area (Å²) < 4.78 is 1.97. The van der Waals surface area contributed by atoms with Gasteiger partial charge in [-0.05, 0) is 51.3 Å². The van der Waals surface area contributed by atoms with Crippen LogP contribution in [-0.4, -0.2) is 34.8 Å². The highest BCUT2D eigenvalue weighted by molar-refractivity contribution is 5.94. The minimum Gasteiger partial charge on any atom is -0.349 e. The SMILES string of the molecule is CCN[C@H](C)CNC(=O)c1nn(-c2ccccc2C)c2c1CCC2.Cl. The lowest BCUT2D eigenvalue weighted by molar-refractivity contribution is 0.0944. The predicted molar refractivity (Wildman–Crippen MR) is 103 cm³/mol. The molecule has 5 nitrogen and oxygen atoms in total. The van der Waals surface area contributed by atoms with Crippen molar-refractivity contribution >= 4 is 18.3 Å². The van der Waals surface area contributed by atoms with Crippen LogP contribution in [0.4, 0.5) is 0 Å². The molecular weight excluding hydrogens is 336 g/mol. The number of aromatic nitrogens is 2. The van der Waals surface area contributed by atoms with Crippen molar-refractivity contribution in [2.24, 2.45) is 0 Å². The van der Waals surface area contributed by atoms with E-state index in [0.29, 0.717) is 12.2 Å². The van der Waals surface area contributed by atoms with Gasteiger partial charge in [-0.3, -0.25) is 4.79 Å². The van der Waals surface area contributed by atoms with Crippen LogP contribution in [0.2, 0.25) is 0 Å². The van der Waals surface area contributed by atoms with Crippen LogP contribution < -0.4 is 10.6 Å². The van der Waals surface area contributed by atoms with E-state index < -0.39 is 0 Å². The molecule has 1 atom stereocenters. The molecule has 1 aromatic heterocycles. The Kier molecular flexibility index (Phi) is 6.62. The molecule has 0 fully saturated rings. The lowest BCUT2D eigenvalue weighted by Crippen LogP contribution is -2.39. The van der Waals surface area contributed by atoms with Crippen molar-refractivity contribution in [2.45, 2.75) is 46.1 Å². The highest BCUT2D eigenvalue weighted by Gasteiger charge is 2.27. The van der Waals surface area contributed by atoms with E-state index in [2.05, 4.69) is 48.6 Å². The molecule has 6 heteroatoms. The average Bonchev–Trinajstić information content (AvgIpc) is 3.16. The summed E-state index contributed by atoms with van der Waals surface area (Å²) in [5.41, 5.74) is 5.13. The maximum Gasteiger partial charge on any atom is 0.272 e. The van der Waals surface area contributed by atoms with E-state index in [-0.39, 0.29) is 24.4 Å². The van der Waals surface area contributed by atoms with Crippen LogP contribution in [0.1, 0.15) is 47.6 Å². The van der Waals surface area contributed by atoms with Crippen LogP contribution >= 0.6 is 12.4 Å². The minimum absolute atomic E-state index is 0. The number of halogens is 1. The number of hydrogen-bond donors (Lipinski definition) is 2. The maximum absolute atomic E-state index is 12.6. The maximum atomic E-state index is 12.6. The van der Waals surface area contributed by atoms with Gasteiger partial charge in [0.05, 0.1) is 5.69 Å². The van der Waals surface area contributed by atoms with Gasteiger partial charge < -0.3 is 10.6 Å². The fourth-order valence-corrected chi connectivity index (χ4v) is 3.37. The summed E-state index contributed by atoms with van der Waals surface area (Å²) >= 11 is 0. The molecule has 1 heterocycles. The largest absolute Gasteiger partial charge is 0.349 e. The van der Waals surface area contributed by atoms with Gasteiger partial charge in [-0.15, -0.1) is 12.4 Å². The summed E-state index contributed by atoms with van der Waals surface area (Å²) in [6.07, 6.45) is 3.01. The molecule has 1 aromatic carbocycles. The third kappa shape index (κ3) is 4.05. The number of rotatable bonds is 6. The topological polar surface area (TPSA) is 58.9 Å². The number of amides is 1. The van der Waals surface area contributed by atoms with Crippen molar-refractivity contribution in [3.05, 3.63) is 46.8 Å². The zero-order chi connectivity index (χ0) is 17.1. The molecule has 136 valence electrons. The Balaban J connectivity index is 0.00000225. The van der Waals surface area contributed by atoms with Gasteiger partial charge in [0.2, 0.25) is 0 Å². The standard InChI is InChI=1S/C19H26N4O.ClH/c1-4-20-14(3)12-21-19(24)18-15-9-7-11-17(15)23(22-18)16-10-6-5-8-13(16)2;/h5-6,8,10,14,20H,4,7,9,11-12H2,1-3H3,(H,21,24);1H/t14-;/m1./s1. The summed E-state index contributed by atoms with van der Waals surface area (Å²) in [6, 6.07) is 8.44. The molecule has 0 saturated heterocycles. The fourth-order valence-electron chi connectivity index (χ4n) is 3.37. The second-order valence-corrected chi connectivity index (χ2v) is 6.49. The number of nitrogens with zero attached hydrogens (tertiary/aromatic N) is 2. The second-order valence-electron chi connectivity index (χ2n) is 6.49. The molecule has 0 radical (unpaired) electrons. The molecule has 1 aliphatic carbocycles. The molecule has 0 unspecified atom stereocenters. The molecular formula is C19H27ClN4O. The Labute approximate surface area is 155 Å². The lowest BCUT2D eigenvalue weighted by atomic mass is 10.1. The number of carbonyl (C=O) groups excluding carboxylic acids is 1. The van der Waals surface area contributed by atoms with Crippen molar-refractivity contribution in [1.82, 2.24) is 20.4 Å². The zero-order valence-corrected chi connectivity index (χ0v) is 15.9. The average molecular weight is 363 g/mol. The first-order valence-corrected chi connectivity index (χ1v) is 8.80. The minimum atomic E-state index is -0.0646. The Hall–Kier alpha value is -1.85. The molecule has 2 aromatic rings.